The van der Waals surface area contributed by atoms with E-state index in [1.54, 1.807) is 0 Å². The van der Waals surface area contributed by atoms with E-state index in [4.69, 9.17) is 4.74 Å². The lowest BCUT2D eigenvalue weighted by atomic mass is 10.1. The van der Waals surface area contributed by atoms with Gasteiger partial charge < -0.3 is 20.3 Å². The Morgan fingerprint density at radius 3 is 2.58 bits per heavy atom. The van der Waals surface area contributed by atoms with Crippen LogP contribution in [0.3, 0.4) is 0 Å². The van der Waals surface area contributed by atoms with Gasteiger partial charge in [-0.25, -0.2) is 0 Å². The molecule has 1 aliphatic rings. The maximum atomic E-state index is 12.4. The van der Waals surface area contributed by atoms with Crippen LogP contribution in [0.25, 0.3) is 0 Å². The Labute approximate surface area is 155 Å². The zero-order valence-corrected chi connectivity index (χ0v) is 15.5. The van der Waals surface area contributed by atoms with Crippen LogP contribution in [0.1, 0.15) is 17.5 Å². The predicted molar refractivity (Wildman–Crippen MR) is 107 cm³/mol. The summed E-state index contributed by atoms with van der Waals surface area (Å²) in [6.07, 6.45) is 0.421. The molecule has 0 aromatic heterocycles. The van der Waals surface area contributed by atoms with Crippen LogP contribution in [0.15, 0.2) is 42.5 Å². The second-order valence-corrected chi connectivity index (χ2v) is 6.59. The summed E-state index contributed by atoms with van der Waals surface area (Å²) in [6.45, 7) is 7.94. The second-order valence-electron chi connectivity index (χ2n) is 6.59. The Hall–Kier alpha value is -2.53. The molecule has 1 heterocycles. The van der Waals surface area contributed by atoms with Gasteiger partial charge in [-0.05, 0) is 43.2 Å². The third kappa shape index (κ3) is 4.55. The van der Waals surface area contributed by atoms with Crippen LogP contribution in [0, 0.1) is 13.8 Å². The van der Waals surface area contributed by atoms with E-state index in [1.165, 1.54) is 11.1 Å². The van der Waals surface area contributed by atoms with Crippen LogP contribution in [-0.4, -0.2) is 38.8 Å². The Kier molecular flexibility index (Phi) is 6.12. The molecule has 26 heavy (non-hydrogen) atoms. The molecule has 3 rings (SSSR count). The fourth-order valence-corrected chi connectivity index (χ4v) is 3.13. The summed E-state index contributed by atoms with van der Waals surface area (Å²) in [7, 11) is 0. The highest BCUT2D eigenvalue weighted by molar-refractivity contribution is 5.94. The summed E-state index contributed by atoms with van der Waals surface area (Å²) in [5.41, 5.74) is 5.49. The van der Waals surface area contributed by atoms with Crippen LogP contribution < -0.4 is 15.5 Å². The summed E-state index contributed by atoms with van der Waals surface area (Å²) in [5.74, 6) is 0.0171. The van der Waals surface area contributed by atoms with Crippen molar-refractivity contribution in [3.8, 4) is 0 Å². The van der Waals surface area contributed by atoms with Crippen molar-refractivity contribution in [1.82, 2.24) is 0 Å². The van der Waals surface area contributed by atoms with E-state index in [-0.39, 0.29) is 5.91 Å². The Morgan fingerprint density at radius 1 is 1.04 bits per heavy atom. The van der Waals surface area contributed by atoms with Gasteiger partial charge in [0, 0.05) is 31.7 Å². The SMILES string of the molecule is Cc1cccc(NCCC(=O)Nc2ccccc2N2CCOCC2)c1C. The second kappa shape index (κ2) is 8.72. The molecule has 5 heteroatoms. The smallest absolute Gasteiger partial charge is 0.226 e. The molecular weight excluding hydrogens is 326 g/mol. The van der Waals surface area contributed by atoms with Gasteiger partial charge >= 0.3 is 0 Å². The van der Waals surface area contributed by atoms with Gasteiger partial charge in [0.25, 0.3) is 0 Å². The summed E-state index contributed by atoms with van der Waals surface area (Å²) in [5, 5.41) is 6.42. The monoisotopic (exact) mass is 353 g/mol. The number of hydrogen-bond acceptors (Lipinski definition) is 4. The van der Waals surface area contributed by atoms with Crippen LogP contribution in [0.5, 0.6) is 0 Å². The Morgan fingerprint density at radius 2 is 1.77 bits per heavy atom. The van der Waals surface area contributed by atoms with Crippen LogP contribution >= 0.6 is 0 Å². The first-order valence-electron chi connectivity index (χ1n) is 9.17. The molecule has 1 fully saturated rings. The van der Waals surface area contributed by atoms with Gasteiger partial charge in [0.15, 0.2) is 0 Å². The number of nitrogens with zero attached hydrogens (tertiary/aromatic N) is 1. The van der Waals surface area contributed by atoms with Crippen molar-refractivity contribution in [2.45, 2.75) is 20.3 Å². The van der Waals surface area contributed by atoms with Crippen molar-refractivity contribution in [3.05, 3.63) is 53.6 Å². The van der Waals surface area contributed by atoms with E-state index in [0.29, 0.717) is 13.0 Å². The molecule has 0 saturated carbocycles. The van der Waals surface area contributed by atoms with Crippen molar-refractivity contribution in [2.24, 2.45) is 0 Å². The Bertz CT molecular complexity index is 755. The highest BCUT2D eigenvalue weighted by Crippen LogP contribution is 2.26. The number of aryl methyl sites for hydroxylation is 1. The first-order valence-corrected chi connectivity index (χ1v) is 9.17. The number of ether oxygens (including phenoxy) is 1. The lowest BCUT2D eigenvalue weighted by Crippen LogP contribution is -2.36. The van der Waals surface area contributed by atoms with E-state index >= 15 is 0 Å². The van der Waals surface area contributed by atoms with E-state index in [2.05, 4.69) is 41.5 Å². The number of carbonyl (C=O) groups is 1. The first kappa shape index (κ1) is 18.3. The molecule has 1 saturated heterocycles. The molecule has 0 radical (unpaired) electrons. The molecule has 0 aliphatic carbocycles. The normalized spacial score (nSPS) is 14.2. The molecular formula is C21H27N3O2. The summed E-state index contributed by atoms with van der Waals surface area (Å²) >= 11 is 0. The first-order chi connectivity index (χ1) is 12.6. The predicted octanol–water partition coefficient (Wildman–Crippen LogP) is 3.58. The number of morpholine rings is 1. The number of carbonyl (C=O) groups excluding carboxylic acids is 1. The highest BCUT2D eigenvalue weighted by atomic mass is 16.5. The maximum absolute atomic E-state index is 12.4. The molecule has 1 amide bonds. The number of anilines is 3. The van der Waals surface area contributed by atoms with Gasteiger partial charge in [-0.2, -0.15) is 0 Å². The minimum atomic E-state index is 0.0171. The van der Waals surface area contributed by atoms with E-state index in [0.717, 1.165) is 43.4 Å². The van der Waals surface area contributed by atoms with Gasteiger partial charge in [-0.3, -0.25) is 4.79 Å². The van der Waals surface area contributed by atoms with Crippen molar-refractivity contribution < 1.29 is 9.53 Å². The zero-order valence-electron chi connectivity index (χ0n) is 15.5. The standard InChI is InChI=1S/C21H27N3O2/c1-16-6-5-8-18(17(16)2)22-11-10-21(25)23-19-7-3-4-9-20(19)24-12-14-26-15-13-24/h3-9,22H,10-15H2,1-2H3,(H,23,25). The van der Waals surface area contributed by atoms with E-state index < -0.39 is 0 Å². The minimum Gasteiger partial charge on any atom is -0.384 e. The molecule has 138 valence electrons. The van der Waals surface area contributed by atoms with Crippen molar-refractivity contribution >= 4 is 23.0 Å². The van der Waals surface area contributed by atoms with Crippen LogP contribution in [-0.2, 0) is 9.53 Å². The summed E-state index contributed by atoms with van der Waals surface area (Å²) < 4.78 is 5.42. The topological polar surface area (TPSA) is 53.6 Å². The number of amides is 1. The van der Waals surface area contributed by atoms with E-state index in [1.807, 2.05) is 30.3 Å². The molecule has 2 aromatic rings. The fraction of sp³-hybridized carbons (Fsp3) is 0.381. The third-order valence-electron chi connectivity index (χ3n) is 4.80. The zero-order chi connectivity index (χ0) is 18.4. The highest BCUT2D eigenvalue weighted by Gasteiger charge is 2.15. The van der Waals surface area contributed by atoms with Crippen LogP contribution in [0.4, 0.5) is 17.1 Å². The fourth-order valence-electron chi connectivity index (χ4n) is 3.13. The molecule has 5 nitrogen and oxygen atoms in total. The van der Waals surface area contributed by atoms with Crippen molar-refractivity contribution in [2.75, 3.05) is 48.4 Å². The van der Waals surface area contributed by atoms with Gasteiger partial charge in [0.1, 0.15) is 0 Å². The molecule has 0 spiro atoms. The molecule has 0 unspecified atom stereocenters. The number of hydrogen-bond donors (Lipinski definition) is 2. The van der Waals surface area contributed by atoms with Crippen molar-refractivity contribution in [1.29, 1.82) is 0 Å². The number of para-hydroxylation sites is 2. The summed E-state index contributed by atoms with van der Waals surface area (Å²) in [6, 6.07) is 14.1. The van der Waals surface area contributed by atoms with Crippen LogP contribution in [0.2, 0.25) is 0 Å². The number of nitrogens with one attached hydrogen (secondary N) is 2. The minimum absolute atomic E-state index is 0.0171. The number of rotatable bonds is 6. The maximum Gasteiger partial charge on any atom is 0.226 e. The van der Waals surface area contributed by atoms with Gasteiger partial charge in [0.05, 0.1) is 24.6 Å². The molecule has 1 aliphatic heterocycles. The molecule has 0 atom stereocenters. The van der Waals surface area contributed by atoms with Gasteiger partial charge in [0.2, 0.25) is 5.91 Å². The van der Waals surface area contributed by atoms with Gasteiger partial charge in [-0.1, -0.05) is 24.3 Å². The third-order valence-corrected chi connectivity index (χ3v) is 4.80. The number of benzene rings is 2. The molecule has 2 aromatic carbocycles. The summed E-state index contributed by atoms with van der Waals surface area (Å²) in [4.78, 5) is 14.7. The lowest BCUT2D eigenvalue weighted by Gasteiger charge is -2.30. The molecule has 0 bridgehead atoms. The Balaban J connectivity index is 1.56. The molecule has 2 N–H and O–H groups in total. The lowest BCUT2D eigenvalue weighted by molar-refractivity contribution is -0.115. The average molecular weight is 353 g/mol. The van der Waals surface area contributed by atoms with Gasteiger partial charge in [-0.15, -0.1) is 0 Å². The van der Waals surface area contributed by atoms with Crippen molar-refractivity contribution in [3.63, 3.8) is 0 Å². The average Bonchev–Trinajstić information content (AvgIpc) is 2.66. The van der Waals surface area contributed by atoms with E-state index in [9.17, 15) is 4.79 Å². The quantitative estimate of drug-likeness (QED) is 0.833. The largest absolute Gasteiger partial charge is 0.384 e.